The first-order chi connectivity index (χ1) is 16.8. The van der Waals surface area contributed by atoms with Crippen molar-refractivity contribution in [3.05, 3.63) is 75.8 Å². The van der Waals surface area contributed by atoms with Crippen LogP contribution in [0.3, 0.4) is 0 Å². The lowest BCUT2D eigenvalue weighted by Gasteiger charge is -2.29. The monoisotopic (exact) mass is 560 g/mol. The Morgan fingerprint density at radius 3 is 2.63 bits per heavy atom. The summed E-state index contributed by atoms with van der Waals surface area (Å²) < 4.78 is 38.3. The van der Waals surface area contributed by atoms with E-state index in [-0.39, 0.29) is 0 Å². The number of para-hydroxylation sites is 1. The van der Waals surface area contributed by atoms with Crippen LogP contribution in [0.4, 0.5) is 11.4 Å². The zero-order chi connectivity index (χ0) is 24.8. The highest BCUT2D eigenvalue weighted by molar-refractivity contribution is 9.10. The minimum atomic E-state index is -3.39. The summed E-state index contributed by atoms with van der Waals surface area (Å²) in [6.45, 7) is 5.71. The summed E-state index contributed by atoms with van der Waals surface area (Å²) >= 11 is 3.55. The summed E-state index contributed by atoms with van der Waals surface area (Å²) in [7, 11) is -3.39. The molecular formula is C25H29BrN4O4S. The molecule has 1 saturated heterocycles. The molecule has 0 saturated carbocycles. The Morgan fingerprint density at radius 2 is 1.89 bits per heavy atom. The van der Waals surface area contributed by atoms with Gasteiger partial charge in [-0.05, 0) is 40.5 Å². The van der Waals surface area contributed by atoms with Gasteiger partial charge in [-0.3, -0.25) is 4.72 Å². The number of halogens is 1. The molecule has 1 N–H and O–H groups in total. The summed E-state index contributed by atoms with van der Waals surface area (Å²) in [5.74, 6) is 1.49. The third-order valence-electron chi connectivity index (χ3n) is 5.61. The lowest BCUT2D eigenvalue weighted by molar-refractivity contribution is 0.122. The van der Waals surface area contributed by atoms with E-state index in [1.54, 1.807) is 18.3 Å². The molecule has 1 aromatic heterocycles. The van der Waals surface area contributed by atoms with Gasteiger partial charge in [0.2, 0.25) is 10.0 Å². The summed E-state index contributed by atoms with van der Waals surface area (Å²) in [4.78, 5) is 11.6. The molecule has 2 aromatic carbocycles. The molecule has 10 heteroatoms. The highest BCUT2D eigenvalue weighted by atomic mass is 79.9. The minimum absolute atomic E-state index is 0.448. The average molecular weight is 562 g/mol. The Labute approximate surface area is 214 Å². The fourth-order valence-corrected chi connectivity index (χ4v) is 4.90. The van der Waals surface area contributed by atoms with Crippen LogP contribution < -0.4 is 14.4 Å². The number of anilines is 2. The van der Waals surface area contributed by atoms with Gasteiger partial charge in [-0.2, -0.15) is 0 Å². The quantitative estimate of drug-likeness (QED) is 0.422. The van der Waals surface area contributed by atoms with Gasteiger partial charge in [-0.15, -0.1) is 0 Å². The van der Waals surface area contributed by atoms with Crippen LogP contribution in [-0.2, 0) is 27.6 Å². The lowest BCUT2D eigenvalue weighted by Crippen LogP contribution is -2.36. The van der Waals surface area contributed by atoms with E-state index in [2.05, 4.69) is 48.7 Å². The van der Waals surface area contributed by atoms with E-state index in [4.69, 9.17) is 14.5 Å². The first-order valence-electron chi connectivity index (χ1n) is 11.5. The minimum Gasteiger partial charge on any atom is -0.494 e. The van der Waals surface area contributed by atoms with Crippen LogP contribution in [0.2, 0.25) is 0 Å². The first kappa shape index (κ1) is 25.4. The maximum Gasteiger partial charge on any atom is 0.229 e. The molecule has 1 fully saturated rings. The van der Waals surface area contributed by atoms with Crippen molar-refractivity contribution in [2.45, 2.75) is 19.8 Å². The number of nitrogens with zero attached hydrogens (tertiary/aromatic N) is 3. The fourth-order valence-electron chi connectivity index (χ4n) is 3.97. The van der Waals surface area contributed by atoms with Gasteiger partial charge in [0.15, 0.2) is 0 Å². The molecule has 0 unspecified atom stereocenters. The van der Waals surface area contributed by atoms with Gasteiger partial charge in [0, 0.05) is 49.4 Å². The van der Waals surface area contributed by atoms with Gasteiger partial charge in [-0.25, -0.2) is 18.4 Å². The Morgan fingerprint density at radius 1 is 1.11 bits per heavy atom. The van der Waals surface area contributed by atoms with E-state index < -0.39 is 10.0 Å². The van der Waals surface area contributed by atoms with E-state index in [9.17, 15) is 8.42 Å². The zero-order valence-electron chi connectivity index (χ0n) is 19.8. The molecule has 4 rings (SSSR count). The number of hydrogen-bond acceptors (Lipinski definition) is 7. The number of sulfonamides is 1. The van der Waals surface area contributed by atoms with Crippen molar-refractivity contribution < 1.29 is 17.9 Å². The van der Waals surface area contributed by atoms with E-state index in [0.717, 1.165) is 65.3 Å². The summed E-state index contributed by atoms with van der Waals surface area (Å²) in [6.07, 6.45) is 3.85. The molecule has 35 heavy (non-hydrogen) atoms. The Bertz CT molecular complexity index is 1280. The van der Waals surface area contributed by atoms with Crippen molar-refractivity contribution in [2.24, 2.45) is 0 Å². The van der Waals surface area contributed by atoms with E-state index in [1.807, 2.05) is 19.1 Å². The van der Waals surface area contributed by atoms with Crippen LogP contribution in [0.5, 0.6) is 5.75 Å². The number of nitrogens with one attached hydrogen (secondary N) is 1. The van der Waals surface area contributed by atoms with Crippen LogP contribution in [-0.4, -0.2) is 57.6 Å². The molecule has 0 radical (unpaired) electrons. The number of morpholine rings is 1. The molecule has 186 valence electrons. The summed E-state index contributed by atoms with van der Waals surface area (Å²) in [5.41, 5.74) is 4.28. The van der Waals surface area contributed by atoms with Crippen molar-refractivity contribution in [3.8, 4) is 5.75 Å². The fraction of sp³-hybridized carbons (Fsp3) is 0.360. The largest absolute Gasteiger partial charge is 0.494 e. The third-order valence-corrected chi connectivity index (χ3v) is 6.87. The van der Waals surface area contributed by atoms with Crippen molar-refractivity contribution in [3.63, 3.8) is 0 Å². The Hall–Kier alpha value is -2.69. The second kappa shape index (κ2) is 11.4. The van der Waals surface area contributed by atoms with E-state index in [0.29, 0.717) is 31.0 Å². The SMILES string of the molecule is CCOc1cc(N2CCOCC2)ccc1Cc1ncc(Br)c(Cc2ccccc2NS(C)(=O)=O)n1. The average Bonchev–Trinajstić information content (AvgIpc) is 2.83. The van der Waals surface area contributed by atoms with Crippen molar-refractivity contribution in [2.75, 3.05) is 48.8 Å². The molecular weight excluding hydrogens is 532 g/mol. The lowest BCUT2D eigenvalue weighted by atomic mass is 10.1. The van der Waals surface area contributed by atoms with E-state index >= 15 is 0 Å². The second-order valence-corrected chi connectivity index (χ2v) is 10.9. The molecule has 1 aliphatic heterocycles. The van der Waals surface area contributed by atoms with Gasteiger partial charge in [0.1, 0.15) is 11.6 Å². The smallest absolute Gasteiger partial charge is 0.229 e. The highest BCUT2D eigenvalue weighted by Gasteiger charge is 2.16. The Kier molecular flexibility index (Phi) is 8.25. The number of ether oxygens (including phenoxy) is 2. The van der Waals surface area contributed by atoms with Gasteiger partial charge in [0.05, 0.1) is 41.9 Å². The molecule has 1 aliphatic rings. The summed E-state index contributed by atoms with van der Waals surface area (Å²) in [6, 6.07) is 13.6. The normalized spacial score (nSPS) is 14.1. The maximum atomic E-state index is 11.8. The van der Waals surface area contributed by atoms with Crippen LogP contribution in [0.15, 0.2) is 53.1 Å². The first-order valence-corrected chi connectivity index (χ1v) is 14.1. The van der Waals surface area contributed by atoms with Crippen LogP contribution in [0, 0.1) is 0 Å². The highest BCUT2D eigenvalue weighted by Crippen LogP contribution is 2.29. The Balaban J connectivity index is 1.58. The predicted octanol–water partition coefficient (Wildman–Crippen LogP) is 4.03. The molecule has 0 amide bonds. The van der Waals surface area contributed by atoms with Crippen molar-refractivity contribution >= 4 is 37.3 Å². The van der Waals surface area contributed by atoms with Gasteiger partial charge >= 0.3 is 0 Å². The van der Waals surface area contributed by atoms with Crippen molar-refractivity contribution in [1.82, 2.24) is 9.97 Å². The zero-order valence-corrected chi connectivity index (χ0v) is 22.2. The van der Waals surface area contributed by atoms with Gasteiger partial charge in [-0.1, -0.05) is 24.3 Å². The third kappa shape index (κ3) is 6.93. The standard InChI is InChI=1S/C25H29BrN4O4S/c1-3-34-24-16-20(30-10-12-33-13-11-30)9-8-19(24)15-25-27-17-21(26)23(28-25)14-18-6-4-5-7-22(18)29-35(2,31)32/h4-9,16-17,29H,3,10-15H2,1-2H3. The second-order valence-electron chi connectivity index (χ2n) is 8.29. The maximum absolute atomic E-state index is 11.8. The van der Waals surface area contributed by atoms with Gasteiger partial charge < -0.3 is 14.4 Å². The summed E-state index contributed by atoms with van der Waals surface area (Å²) in [5, 5.41) is 0. The van der Waals surface area contributed by atoms with E-state index in [1.165, 1.54) is 0 Å². The number of benzene rings is 2. The number of rotatable bonds is 9. The molecule has 3 aromatic rings. The van der Waals surface area contributed by atoms with Crippen molar-refractivity contribution in [1.29, 1.82) is 0 Å². The topological polar surface area (TPSA) is 93.7 Å². The molecule has 0 aliphatic carbocycles. The van der Waals surface area contributed by atoms with Crippen LogP contribution in [0.1, 0.15) is 29.6 Å². The predicted molar refractivity (Wildman–Crippen MR) is 141 cm³/mol. The van der Waals surface area contributed by atoms with Gasteiger partial charge in [0.25, 0.3) is 0 Å². The van der Waals surface area contributed by atoms with Crippen LogP contribution >= 0.6 is 15.9 Å². The molecule has 0 spiro atoms. The molecule has 0 bridgehead atoms. The number of aromatic nitrogens is 2. The molecule has 8 nitrogen and oxygen atoms in total. The van der Waals surface area contributed by atoms with Crippen LogP contribution in [0.25, 0.3) is 0 Å². The molecule has 0 atom stereocenters. The molecule has 2 heterocycles. The number of hydrogen-bond donors (Lipinski definition) is 1.